The lowest BCUT2D eigenvalue weighted by Gasteiger charge is -2.27. The number of carbonyl (C=O) groups is 1. The Labute approximate surface area is 135 Å². The van der Waals surface area contributed by atoms with Gasteiger partial charge < -0.3 is 4.74 Å². The summed E-state index contributed by atoms with van der Waals surface area (Å²) >= 11 is 0. The van der Waals surface area contributed by atoms with E-state index >= 15 is 0 Å². The van der Waals surface area contributed by atoms with Crippen molar-refractivity contribution in [3.63, 3.8) is 0 Å². The standard InChI is InChI=1S/C20H30O2/c1-15(2)17-8-4-5-9-18(12-11-17)19-10-6-7-16(13-19)14-20(21)22-3/h6-7,10,13,15,17-18H,4-5,8-9,11-12,14H2,1-3H3. The average molecular weight is 302 g/mol. The lowest BCUT2D eigenvalue weighted by Crippen LogP contribution is -2.14. The predicted molar refractivity (Wildman–Crippen MR) is 90.9 cm³/mol. The molecule has 1 fully saturated rings. The van der Waals surface area contributed by atoms with Crippen LogP contribution in [0.5, 0.6) is 0 Å². The number of hydrogen-bond acceptors (Lipinski definition) is 2. The monoisotopic (exact) mass is 302 g/mol. The van der Waals surface area contributed by atoms with E-state index in [-0.39, 0.29) is 5.97 Å². The Kier molecular flexibility index (Phi) is 6.48. The number of hydrogen-bond donors (Lipinski definition) is 0. The van der Waals surface area contributed by atoms with Crippen molar-refractivity contribution in [1.82, 2.24) is 0 Å². The molecule has 1 saturated carbocycles. The minimum Gasteiger partial charge on any atom is -0.469 e. The third kappa shape index (κ3) is 4.86. The van der Waals surface area contributed by atoms with E-state index in [4.69, 9.17) is 4.74 Å². The third-order valence-corrected chi connectivity index (χ3v) is 5.20. The molecule has 0 radical (unpaired) electrons. The zero-order valence-corrected chi connectivity index (χ0v) is 14.3. The first kappa shape index (κ1) is 17.1. The second-order valence-electron chi connectivity index (χ2n) is 7.06. The number of rotatable bonds is 4. The van der Waals surface area contributed by atoms with Crippen molar-refractivity contribution in [1.29, 1.82) is 0 Å². The maximum Gasteiger partial charge on any atom is 0.309 e. The number of methoxy groups -OCH3 is 1. The van der Waals surface area contributed by atoms with Crippen molar-refractivity contribution in [3.8, 4) is 0 Å². The lowest BCUT2D eigenvalue weighted by atomic mass is 9.78. The fourth-order valence-electron chi connectivity index (χ4n) is 3.70. The second-order valence-corrected chi connectivity index (χ2v) is 7.06. The third-order valence-electron chi connectivity index (χ3n) is 5.20. The maximum atomic E-state index is 11.5. The molecular formula is C20H30O2. The molecular weight excluding hydrogens is 272 g/mol. The van der Waals surface area contributed by atoms with Crippen LogP contribution in [-0.4, -0.2) is 13.1 Å². The zero-order chi connectivity index (χ0) is 15.9. The first-order valence-corrected chi connectivity index (χ1v) is 8.75. The molecule has 22 heavy (non-hydrogen) atoms. The van der Waals surface area contributed by atoms with Gasteiger partial charge in [0.15, 0.2) is 0 Å². The second kappa shape index (κ2) is 8.36. The van der Waals surface area contributed by atoms with Gasteiger partial charge in [0.2, 0.25) is 0 Å². The van der Waals surface area contributed by atoms with Gasteiger partial charge in [0.05, 0.1) is 13.5 Å². The van der Waals surface area contributed by atoms with Gasteiger partial charge in [0, 0.05) is 0 Å². The summed E-state index contributed by atoms with van der Waals surface area (Å²) in [5.41, 5.74) is 2.48. The van der Waals surface area contributed by atoms with Crippen molar-refractivity contribution in [2.45, 2.75) is 64.7 Å². The molecule has 2 unspecified atom stereocenters. The summed E-state index contributed by atoms with van der Waals surface area (Å²) in [6, 6.07) is 8.57. The highest BCUT2D eigenvalue weighted by atomic mass is 16.5. The van der Waals surface area contributed by atoms with Crippen molar-refractivity contribution in [3.05, 3.63) is 35.4 Å². The molecule has 0 heterocycles. The Morgan fingerprint density at radius 3 is 2.68 bits per heavy atom. The molecule has 1 aliphatic carbocycles. The smallest absolute Gasteiger partial charge is 0.309 e. The van der Waals surface area contributed by atoms with E-state index in [1.54, 1.807) is 0 Å². The first-order chi connectivity index (χ1) is 10.6. The Balaban J connectivity index is 2.05. The Hall–Kier alpha value is -1.31. The van der Waals surface area contributed by atoms with E-state index in [0.29, 0.717) is 12.3 Å². The number of esters is 1. The van der Waals surface area contributed by atoms with Crippen LogP contribution in [0.2, 0.25) is 0 Å². The van der Waals surface area contributed by atoms with Gasteiger partial charge in [-0.3, -0.25) is 4.79 Å². The average Bonchev–Trinajstić information content (AvgIpc) is 2.47. The summed E-state index contributed by atoms with van der Waals surface area (Å²) in [6.07, 6.45) is 8.37. The molecule has 2 rings (SSSR count). The highest BCUT2D eigenvalue weighted by Crippen LogP contribution is 2.35. The van der Waals surface area contributed by atoms with Crippen LogP contribution < -0.4 is 0 Å². The van der Waals surface area contributed by atoms with Gasteiger partial charge in [-0.1, -0.05) is 57.4 Å². The van der Waals surface area contributed by atoms with Crippen LogP contribution >= 0.6 is 0 Å². The van der Waals surface area contributed by atoms with E-state index in [2.05, 4.69) is 32.0 Å². The summed E-state index contributed by atoms with van der Waals surface area (Å²) in [7, 11) is 1.45. The van der Waals surface area contributed by atoms with Gasteiger partial charge in [0.1, 0.15) is 0 Å². The van der Waals surface area contributed by atoms with Crippen LogP contribution in [0.4, 0.5) is 0 Å². The summed E-state index contributed by atoms with van der Waals surface area (Å²) in [4.78, 5) is 11.5. The Morgan fingerprint density at radius 1 is 1.18 bits per heavy atom. The molecule has 2 atom stereocenters. The topological polar surface area (TPSA) is 26.3 Å². The predicted octanol–water partition coefficient (Wildman–Crippen LogP) is 5.11. The zero-order valence-electron chi connectivity index (χ0n) is 14.3. The van der Waals surface area contributed by atoms with Crippen molar-refractivity contribution in [2.75, 3.05) is 7.11 Å². The minimum atomic E-state index is -0.158. The highest BCUT2D eigenvalue weighted by Gasteiger charge is 2.20. The van der Waals surface area contributed by atoms with Crippen LogP contribution in [-0.2, 0) is 16.0 Å². The minimum absolute atomic E-state index is 0.158. The summed E-state index contributed by atoms with van der Waals surface area (Å²) in [5.74, 6) is 2.17. The van der Waals surface area contributed by atoms with Crippen LogP contribution in [0, 0.1) is 11.8 Å². The molecule has 0 amide bonds. The van der Waals surface area contributed by atoms with Gasteiger partial charge >= 0.3 is 5.97 Å². The quantitative estimate of drug-likeness (QED) is 0.722. The van der Waals surface area contributed by atoms with Crippen molar-refractivity contribution in [2.24, 2.45) is 11.8 Å². The molecule has 2 heteroatoms. The van der Waals surface area contributed by atoms with Crippen LogP contribution in [0.15, 0.2) is 24.3 Å². The number of benzene rings is 1. The molecule has 0 saturated heterocycles. The largest absolute Gasteiger partial charge is 0.469 e. The maximum absolute atomic E-state index is 11.5. The number of ether oxygens (including phenoxy) is 1. The fraction of sp³-hybridized carbons (Fsp3) is 0.650. The van der Waals surface area contributed by atoms with Crippen LogP contribution in [0.1, 0.15) is 69.4 Å². The summed E-state index contributed by atoms with van der Waals surface area (Å²) < 4.78 is 4.78. The molecule has 0 aromatic heterocycles. The van der Waals surface area contributed by atoms with Gasteiger partial charge in [-0.2, -0.15) is 0 Å². The summed E-state index contributed by atoms with van der Waals surface area (Å²) in [5, 5.41) is 0. The lowest BCUT2D eigenvalue weighted by molar-refractivity contribution is -0.139. The van der Waals surface area contributed by atoms with Gasteiger partial charge in [-0.05, 0) is 48.1 Å². The first-order valence-electron chi connectivity index (χ1n) is 8.75. The van der Waals surface area contributed by atoms with Crippen molar-refractivity contribution >= 4 is 5.97 Å². The molecule has 0 N–H and O–H groups in total. The van der Waals surface area contributed by atoms with E-state index in [1.807, 2.05) is 6.07 Å². The van der Waals surface area contributed by atoms with Crippen LogP contribution in [0.25, 0.3) is 0 Å². The normalized spacial score (nSPS) is 22.9. The van der Waals surface area contributed by atoms with Gasteiger partial charge in [0.25, 0.3) is 0 Å². The molecule has 1 aromatic rings. The fourth-order valence-corrected chi connectivity index (χ4v) is 3.70. The molecule has 0 spiro atoms. The van der Waals surface area contributed by atoms with E-state index in [9.17, 15) is 4.79 Å². The van der Waals surface area contributed by atoms with E-state index in [1.165, 1.54) is 51.2 Å². The molecule has 0 aliphatic heterocycles. The summed E-state index contributed by atoms with van der Waals surface area (Å²) in [6.45, 7) is 4.72. The molecule has 2 nitrogen and oxygen atoms in total. The molecule has 0 bridgehead atoms. The SMILES string of the molecule is COC(=O)Cc1cccc(C2CCCCC(C(C)C)CC2)c1. The number of carbonyl (C=O) groups excluding carboxylic acids is 1. The van der Waals surface area contributed by atoms with Gasteiger partial charge in [-0.15, -0.1) is 0 Å². The van der Waals surface area contributed by atoms with Gasteiger partial charge in [-0.25, -0.2) is 0 Å². The van der Waals surface area contributed by atoms with E-state index < -0.39 is 0 Å². The molecule has 1 aliphatic rings. The molecule has 1 aromatic carbocycles. The molecule has 122 valence electrons. The van der Waals surface area contributed by atoms with E-state index in [0.717, 1.165) is 17.4 Å². The van der Waals surface area contributed by atoms with Crippen molar-refractivity contribution < 1.29 is 9.53 Å². The Bertz CT molecular complexity index is 478. The highest BCUT2D eigenvalue weighted by molar-refractivity contribution is 5.72. The van der Waals surface area contributed by atoms with Crippen LogP contribution in [0.3, 0.4) is 0 Å². The Morgan fingerprint density at radius 2 is 1.95 bits per heavy atom.